The molecule has 0 amide bonds. The summed E-state index contributed by atoms with van der Waals surface area (Å²) < 4.78 is 0. The molecule has 4 heteroatoms. The summed E-state index contributed by atoms with van der Waals surface area (Å²) in [4.78, 5) is 4.11. The predicted molar refractivity (Wildman–Crippen MR) is 56.2 cm³/mol. The highest BCUT2D eigenvalue weighted by atomic mass is 35.5. The van der Waals surface area contributed by atoms with E-state index in [1.165, 1.54) is 0 Å². The van der Waals surface area contributed by atoms with Crippen molar-refractivity contribution in [2.24, 2.45) is 0 Å². The van der Waals surface area contributed by atoms with E-state index >= 15 is 0 Å². The molecule has 0 saturated heterocycles. The number of hydrogen-bond donors (Lipinski definition) is 1. The minimum absolute atomic E-state index is 0.441. The summed E-state index contributed by atoms with van der Waals surface area (Å²) in [5.41, 5.74) is 6.86. The topological polar surface area (TPSA) is 38.9 Å². The predicted octanol–water partition coefficient (Wildman–Crippen LogP) is 3.12. The molecule has 0 aliphatic rings. The first-order valence-corrected chi connectivity index (χ1v) is 4.44. The van der Waals surface area contributed by atoms with E-state index in [9.17, 15) is 0 Å². The molecule has 0 unspecified atom stereocenters. The molecule has 0 atom stereocenters. The molecular weight excluding hydrogens is 207 g/mol. The minimum atomic E-state index is 0.441. The van der Waals surface area contributed by atoms with Gasteiger partial charge in [0.25, 0.3) is 0 Å². The van der Waals surface area contributed by atoms with Crippen LogP contribution in [0.1, 0.15) is 0 Å². The van der Waals surface area contributed by atoms with Crippen molar-refractivity contribution in [2.75, 3.05) is 5.73 Å². The average molecular weight is 213 g/mol. The molecule has 0 bridgehead atoms. The fourth-order valence-corrected chi connectivity index (χ4v) is 1.71. The molecule has 2 N–H and O–H groups in total. The fourth-order valence-electron chi connectivity index (χ4n) is 1.19. The van der Waals surface area contributed by atoms with E-state index in [1.54, 1.807) is 12.3 Å². The number of nitrogens with two attached hydrogens (primary N) is 1. The van der Waals surface area contributed by atoms with Gasteiger partial charge in [0.1, 0.15) is 0 Å². The Labute approximate surface area is 85.3 Å². The van der Waals surface area contributed by atoms with Crippen LogP contribution in [-0.4, -0.2) is 4.98 Å². The van der Waals surface area contributed by atoms with Gasteiger partial charge in [0, 0.05) is 11.6 Å². The van der Waals surface area contributed by atoms with E-state index in [1.807, 2.05) is 12.1 Å². The molecule has 2 rings (SSSR count). The molecule has 0 spiro atoms. The van der Waals surface area contributed by atoms with Crippen LogP contribution in [-0.2, 0) is 0 Å². The van der Waals surface area contributed by atoms with Crippen molar-refractivity contribution in [3.8, 4) is 0 Å². The first-order chi connectivity index (χ1) is 6.20. The number of halogens is 2. The van der Waals surface area contributed by atoms with Gasteiger partial charge in [0.15, 0.2) is 0 Å². The lowest BCUT2D eigenvalue weighted by molar-refractivity contribution is 1.41. The Morgan fingerprint density at radius 1 is 1.23 bits per heavy atom. The quantitative estimate of drug-likeness (QED) is 0.682. The van der Waals surface area contributed by atoms with Crippen LogP contribution in [0.5, 0.6) is 0 Å². The number of hydrogen-bond acceptors (Lipinski definition) is 2. The smallest absolute Gasteiger partial charge is 0.0961 e. The number of anilines is 1. The molecule has 13 heavy (non-hydrogen) atoms. The molecule has 0 fully saturated rings. The molecule has 0 aliphatic carbocycles. The molecule has 0 saturated carbocycles. The van der Waals surface area contributed by atoms with Crippen LogP contribution in [0, 0.1) is 0 Å². The van der Waals surface area contributed by atoms with Crippen LogP contribution in [0.15, 0.2) is 24.4 Å². The van der Waals surface area contributed by atoms with E-state index in [2.05, 4.69) is 4.98 Å². The highest BCUT2D eigenvalue weighted by Gasteiger charge is 2.06. The van der Waals surface area contributed by atoms with Crippen molar-refractivity contribution >= 4 is 39.8 Å². The first kappa shape index (κ1) is 8.60. The van der Waals surface area contributed by atoms with Crippen molar-refractivity contribution in [1.29, 1.82) is 0 Å². The third-order valence-corrected chi connectivity index (χ3v) is 2.46. The largest absolute Gasteiger partial charge is 0.396 e. The lowest BCUT2D eigenvalue weighted by Gasteiger charge is -2.04. The van der Waals surface area contributed by atoms with Gasteiger partial charge in [-0.1, -0.05) is 23.2 Å². The van der Waals surface area contributed by atoms with E-state index in [4.69, 9.17) is 28.9 Å². The fraction of sp³-hybridized carbons (Fsp3) is 0. The Bertz CT molecular complexity index is 468. The van der Waals surface area contributed by atoms with Crippen LogP contribution >= 0.6 is 23.2 Å². The van der Waals surface area contributed by atoms with Crippen LogP contribution in [0.25, 0.3) is 10.9 Å². The second-order valence-corrected chi connectivity index (χ2v) is 3.47. The zero-order valence-electron chi connectivity index (χ0n) is 6.59. The normalized spacial score (nSPS) is 10.6. The van der Waals surface area contributed by atoms with Gasteiger partial charge < -0.3 is 5.73 Å². The van der Waals surface area contributed by atoms with Crippen molar-refractivity contribution in [2.45, 2.75) is 0 Å². The van der Waals surface area contributed by atoms with Crippen molar-refractivity contribution in [3.05, 3.63) is 34.4 Å². The minimum Gasteiger partial charge on any atom is -0.396 e. The van der Waals surface area contributed by atoms with Crippen LogP contribution in [0.3, 0.4) is 0 Å². The summed E-state index contributed by atoms with van der Waals surface area (Å²) in [7, 11) is 0. The maximum atomic E-state index is 5.95. The molecule has 2 nitrogen and oxygen atoms in total. The highest BCUT2D eigenvalue weighted by Crippen LogP contribution is 2.32. The molecule has 1 aromatic heterocycles. The molecule has 2 aromatic rings. The third kappa shape index (κ3) is 1.32. The SMILES string of the molecule is Nc1c(Cl)cc(Cl)c2cccnc12. The van der Waals surface area contributed by atoms with Gasteiger partial charge in [-0.25, -0.2) is 0 Å². The Balaban J connectivity index is 2.97. The Morgan fingerprint density at radius 3 is 2.77 bits per heavy atom. The summed E-state index contributed by atoms with van der Waals surface area (Å²) in [6.07, 6.45) is 1.66. The van der Waals surface area contributed by atoms with E-state index in [0.717, 1.165) is 5.39 Å². The second-order valence-electron chi connectivity index (χ2n) is 2.65. The van der Waals surface area contributed by atoms with Crippen LogP contribution in [0.2, 0.25) is 10.0 Å². The van der Waals surface area contributed by atoms with Gasteiger partial charge in [0.2, 0.25) is 0 Å². The van der Waals surface area contributed by atoms with Crippen molar-refractivity contribution in [1.82, 2.24) is 4.98 Å². The maximum Gasteiger partial charge on any atom is 0.0961 e. The van der Waals surface area contributed by atoms with E-state index in [-0.39, 0.29) is 0 Å². The molecule has 1 heterocycles. The Hall–Kier alpha value is -0.990. The lowest BCUT2D eigenvalue weighted by atomic mass is 10.2. The number of nitrogens with zero attached hydrogens (tertiary/aromatic N) is 1. The number of rotatable bonds is 0. The van der Waals surface area contributed by atoms with Gasteiger partial charge in [-0.3, -0.25) is 4.98 Å². The summed E-state index contributed by atoms with van der Waals surface area (Å²) in [6.45, 7) is 0. The number of benzene rings is 1. The zero-order chi connectivity index (χ0) is 9.42. The Kier molecular flexibility index (Phi) is 2.02. The van der Waals surface area contributed by atoms with Gasteiger partial charge in [-0.15, -0.1) is 0 Å². The summed E-state index contributed by atoms with van der Waals surface area (Å²) >= 11 is 11.8. The lowest BCUT2D eigenvalue weighted by Crippen LogP contribution is -1.91. The van der Waals surface area contributed by atoms with Crippen molar-refractivity contribution < 1.29 is 0 Å². The third-order valence-electron chi connectivity index (χ3n) is 1.83. The first-order valence-electron chi connectivity index (χ1n) is 3.68. The molecule has 0 radical (unpaired) electrons. The van der Waals surface area contributed by atoms with Gasteiger partial charge in [0.05, 0.1) is 21.2 Å². The summed E-state index contributed by atoms with van der Waals surface area (Å²) in [6, 6.07) is 5.29. The van der Waals surface area contributed by atoms with Crippen LogP contribution < -0.4 is 5.73 Å². The van der Waals surface area contributed by atoms with Gasteiger partial charge in [-0.2, -0.15) is 0 Å². The molecule has 1 aromatic carbocycles. The highest BCUT2D eigenvalue weighted by molar-refractivity contribution is 6.40. The molecular formula is C9H6Cl2N2. The average Bonchev–Trinajstić information content (AvgIpc) is 2.15. The maximum absolute atomic E-state index is 5.95. The summed E-state index contributed by atoms with van der Waals surface area (Å²) in [5, 5.41) is 1.84. The number of pyridine rings is 1. The zero-order valence-corrected chi connectivity index (χ0v) is 8.10. The van der Waals surface area contributed by atoms with Gasteiger partial charge >= 0.3 is 0 Å². The number of fused-ring (bicyclic) bond motifs is 1. The monoisotopic (exact) mass is 212 g/mol. The Morgan fingerprint density at radius 2 is 2.00 bits per heavy atom. The van der Waals surface area contributed by atoms with Crippen molar-refractivity contribution in [3.63, 3.8) is 0 Å². The number of aromatic nitrogens is 1. The molecule has 66 valence electrons. The number of nitrogen functional groups attached to an aromatic ring is 1. The van der Waals surface area contributed by atoms with E-state index < -0.39 is 0 Å². The van der Waals surface area contributed by atoms with E-state index in [0.29, 0.717) is 21.2 Å². The molecule has 0 aliphatic heterocycles. The van der Waals surface area contributed by atoms with Crippen LogP contribution in [0.4, 0.5) is 5.69 Å². The van der Waals surface area contributed by atoms with Gasteiger partial charge in [-0.05, 0) is 18.2 Å². The second kappa shape index (κ2) is 3.05. The summed E-state index contributed by atoms with van der Waals surface area (Å²) in [5.74, 6) is 0. The standard InChI is InChI=1S/C9H6Cl2N2/c10-6-4-7(11)8(12)9-5(6)2-1-3-13-9/h1-4H,12H2.